The Morgan fingerprint density at radius 2 is 1.48 bits per heavy atom. The van der Waals surface area contributed by atoms with Crippen LogP contribution in [-0.2, 0) is 6.42 Å². The molecule has 1 heteroatoms. The molecule has 3 atom stereocenters. The second kappa shape index (κ2) is 5.18. The van der Waals surface area contributed by atoms with E-state index in [0.29, 0.717) is 11.8 Å². The molecule has 1 aliphatic rings. The van der Waals surface area contributed by atoms with Gasteiger partial charge in [-0.25, -0.2) is 0 Å². The number of hydrogen-bond donors (Lipinski definition) is 0. The van der Waals surface area contributed by atoms with Crippen LogP contribution in [0.25, 0.3) is 0 Å². The first kappa shape index (κ1) is 14.7. The average molecular weight is 299 g/mol. The molecule has 1 aliphatic carbocycles. The molecule has 0 nitrogen and oxygen atoms in total. The molecule has 1 saturated carbocycles. The van der Waals surface area contributed by atoms with Gasteiger partial charge in [-0.15, -0.1) is 11.6 Å². The van der Waals surface area contributed by atoms with Crippen LogP contribution < -0.4 is 0 Å². The summed E-state index contributed by atoms with van der Waals surface area (Å²) >= 11 is 6.81. The van der Waals surface area contributed by atoms with Crippen LogP contribution >= 0.6 is 11.6 Å². The summed E-state index contributed by atoms with van der Waals surface area (Å²) in [5.74, 6) is 0.845. The van der Waals surface area contributed by atoms with Crippen molar-refractivity contribution in [1.29, 1.82) is 0 Å². The van der Waals surface area contributed by atoms with E-state index in [9.17, 15) is 0 Å². The summed E-state index contributed by atoms with van der Waals surface area (Å²) in [4.78, 5) is -0.157. The molecule has 0 aromatic heterocycles. The van der Waals surface area contributed by atoms with Crippen molar-refractivity contribution < 1.29 is 0 Å². The van der Waals surface area contributed by atoms with Crippen molar-refractivity contribution in [1.82, 2.24) is 0 Å². The first-order valence-corrected chi connectivity index (χ1v) is 8.18. The number of hydrogen-bond acceptors (Lipinski definition) is 0. The Morgan fingerprint density at radius 1 is 0.905 bits per heavy atom. The Bertz CT molecular complexity index is 652. The van der Waals surface area contributed by atoms with E-state index in [1.165, 1.54) is 27.8 Å². The third-order valence-electron chi connectivity index (χ3n) is 5.08. The Kier molecular flexibility index (Phi) is 3.61. The van der Waals surface area contributed by atoms with Crippen molar-refractivity contribution in [2.75, 3.05) is 0 Å². The van der Waals surface area contributed by atoms with E-state index in [0.717, 1.165) is 6.42 Å². The van der Waals surface area contributed by atoms with Crippen LogP contribution in [-0.4, -0.2) is 4.87 Å². The maximum atomic E-state index is 6.81. The zero-order chi connectivity index (χ0) is 15.2. The molecule has 21 heavy (non-hydrogen) atoms. The molecule has 0 radical (unpaired) electrons. The van der Waals surface area contributed by atoms with Crippen LogP contribution in [0.2, 0.25) is 0 Å². The molecule has 0 bridgehead atoms. The van der Waals surface area contributed by atoms with Crippen molar-refractivity contribution in [2.24, 2.45) is 0 Å². The third kappa shape index (κ3) is 2.51. The minimum absolute atomic E-state index is 0.157. The molecule has 0 amide bonds. The molecule has 0 spiro atoms. The second-order valence-corrected chi connectivity index (χ2v) is 7.36. The summed E-state index contributed by atoms with van der Waals surface area (Å²) in [6.45, 7) is 8.70. The highest BCUT2D eigenvalue weighted by Gasteiger charge is 2.61. The molecule has 0 saturated heterocycles. The molecule has 3 rings (SSSR count). The smallest absolute Gasteiger partial charge is 0.0568 e. The largest absolute Gasteiger partial charge is 0.118 e. The standard InChI is InChI=1S/C20H23Cl/c1-5-15-7-10-16(11-8-15)18-19(20(18,4)21)17-9-6-13(2)14(3)12-17/h6-12,18-19H,5H2,1-4H3. The van der Waals surface area contributed by atoms with E-state index in [4.69, 9.17) is 11.6 Å². The number of benzene rings is 2. The van der Waals surface area contributed by atoms with E-state index in [-0.39, 0.29) is 4.87 Å². The van der Waals surface area contributed by atoms with Crippen molar-refractivity contribution in [3.63, 3.8) is 0 Å². The van der Waals surface area contributed by atoms with E-state index in [1.54, 1.807) is 0 Å². The van der Waals surface area contributed by atoms with Gasteiger partial charge in [0.1, 0.15) is 0 Å². The summed E-state index contributed by atoms with van der Waals surface area (Å²) in [6, 6.07) is 15.7. The van der Waals surface area contributed by atoms with Gasteiger partial charge in [-0.2, -0.15) is 0 Å². The molecular formula is C20H23Cl. The van der Waals surface area contributed by atoms with Gasteiger partial charge in [0.25, 0.3) is 0 Å². The van der Waals surface area contributed by atoms with Crippen LogP contribution in [0.1, 0.15) is 53.5 Å². The van der Waals surface area contributed by atoms with Crippen molar-refractivity contribution in [3.8, 4) is 0 Å². The Labute approximate surface area is 133 Å². The van der Waals surface area contributed by atoms with Gasteiger partial charge < -0.3 is 0 Å². The fourth-order valence-electron chi connectivity index (χ4n) is 3.44. The summed E-state index contributed by atoms with van der Waals surface area (Å²) in [7, 11) is 0. The lowest BCUT2D eigenvalue weighted by molar-refractivity contribution is 0.941. The van der Waals surface area contributed by atoms with Gasteiger partial charge >= 0.3 is 0 Å². The average Bonchev–Trinajstić information content (AvgIpc) is 3.04. The normalized spacial score (nSPS) is 27.7. The van der Waals surface area contributed by atoms with Gasteiger partial charge in [0.15, 0.2) is 0 Å². The maximum absolute atomic E-state index is 6.81. The van der Waals surface area contributed by atoms with Crippen LogP contribution in [0.15, 0.2) is 42.5 Å². The van der Waals surface area contributed by atoms with Crippen LogP contribution in [0, 0.1) is 13.8 Å². The van der Waals surface area contributed by atoms with Crippen molar-refractivity contribution in [2.45, 2.75) is 50.8 Å². The van der Waals surface area contributed by atoms with Crippen LogP contribution in [0.3, 0.4) is 0 Å². The highest BCUT2D eigenvalue weighted by atomic mass is 35.5. The summed E-state index contributed by atoms with van der Waals surface area (Å²) in [6.07, 6.45) is 1.09. The van der Waals surface area contributed by atoms with Gasteiger partial charge in [0, 0.05) is 11.8 Å². The quantitative estimate of drug-likeness (QED) is 0.633. The summed E-state index contributed by atoms with van der Waals surface area (Å²) in [5, 5.41) is 0. The topological polar surface area (TPSA) is 0 Å². The molecule has 0 aliphatic heterocycles. The Hall–Kier alpha value is -1.27. The van der Waals surface area contributed by atoms with E-state index >= 15 is 0 Å². The van der Waals surface area contributed by atoms with Gasteiger partial charge in [0.05, 0.1) is 4.87 Å². The SMILES string of the molecule is CCc1ccc(C2C(c3ccc(C)c(C)c3)C2(C)Cl)cc1. The van der Waals surface area contributed by atoms with Gasteiger partial charge in [-0.3, -0.25) is 0 Å². The number of rotatable bonds is 3. The highest BCUT2D eigenvalue weighted by Crippen LogP contribution is 2.67. The lowest BCUT2D eigenvalue weighted by Crippen LogP contribution is -1.95. The maximum Gasteiger partial charge on any atom is 0.0568 e. The van der Waals surface area contributed by atoms with E-state index in [2.05, 4.69) is 70.2 Å². The van der Waals surface area contributed by atoms with Crippen LogP contribution in [0.4, 0.5) is 0 Å². The molecule has 1 fully saturated rings. The molecule has 0 heterocycles. The lowest BCUT2D eigenvalue weighted by atomic mass is 10.00. The lowest BCUT2D eigenvalue weighted by Gasteiger charge is -2.05. The van der Waals surface area contributed by atoms with Gasteiger partial charge in [-0.1, -0.05) is 49.4 Å². The van der Waals surface area contributed by atoms with Gasteiger partial charge in [0.2, 0.25) is 0 Å². The predicted octanol–water partition coefficient (Wildman–Crippen LogP) is 5.74. The monoisotopic (exact) mass is 298 g/mol. The molecular weight excluding hydrogens is 276 g/mol. The molecule has 3 unspecified atom stereocenters. The van der Waals surface area contributed by atoms with Crippen LogP contribution in [0.5, 0.6) is 0 Å². The highest BCUT2D eigenvalue weighted by molar-refractivity contribution is 6.27. The number of aryl methyl sites for hydroxylation is 3. The third-order valence-corrected chi connectivity index (χ3v) is 5.55. The molecule has 2 aromatic rings. The minimum Gasteiger partial charge on any atom is -0.118 e. The Balaban J connectivity index is 1.91. The Morgan fingerprint density at radius 3 is 2.05 bits per heavy atom. The van der Waals surface area contributed by atoms with E-state index < -0.39 is 0 Å². The first-order chi connectivity index (χ1) is 9.95. The zero-order valence-electron chi connectivity index (χ0n) is 13.3. The molecule has 110 valence electrons. The first-order valence-electron chi connectivity index (χ1n) is 7.80. The predicted molar refractivity (Wildman–Crippen MR) is 91.5 cm³/mol. The second-order valence-electron chi connectivity index (χ2n) is 6.55. The molecule has 0 N–H and O–H groups in total. The fraction of sp³-hybridized carbons (Fsp3) is 0.400. The zero-order valence-corrected chi connectivity index (χ0v) is 14.0. The summed E-state index contributed by atoms with van der Waals surface area (Å²) < 4.78 is 0. The summed E-state index contributed by atoms with van der Waals surface area (Å²) in [5.41, 5.74) is 6.83. The van der Waals surface area contributed by atoms with E-state index in [1.807, 2.05) is 0 Å². The molecule has 2 aromatic carbocycles. The van der Waals surface area contributed by atoms with Crippen molar-refractivity contribution >= 4 is 11.6 Å². The minimum atomic E-state index is -0.157. The van der Waals surface area contributed by atoms with Crippen molar-refractivity contribution in [3.05, 3.63) is 70.3 Å². The number of alkyl halides is 1. The number of halogens is 1. The van der Waals surface area contributed by atoms with Gasteiger partial charge in [-0.05, 0) is 55.0 Å². The fourth-order valence-corrected chi connectivity index (χ4v) is 3.88.